The number of pyridine rings is 2. The summed E-state index contributed by atoms with van der Waals surface area (Å²) in [4.78, 5) is 18.3. The van der Waals surface area contributed by atoms with Crippen LogP contribution in [-0.2, 0) is 0 Å². The molecule has 0 aromatic carbocycles. The number of imidazole rings is 1. The van der Waals surface area contributed by atoms with Crippen LogP contribution in [0.4, 0.5) is 17.5 Å². The number of hydrogen-bond donors (Lipinski definition) is 3. The van der Waals surface area contributed by atoms with Gasteiger partial charge in [0.2, 0.25) is 5.95 Å². The van der Waals surface area contributed by atoms with Crippen molar-refractivity contribution >= 4 is 23.1 Å². The summed E-state index contributed by atoms with van der Waals surface area (Å²) in [7, 11) is 0. The number of fused-ring (bicyclic) bond motifs is 1. The van der Waals surface area contributed by atoms with E-state index in [-0.39, 0.29) is 0 Å². The molecule has 31 heavy (non-hydrogen) atoms. The lowest BCUT2D eigenvalue weighted by molar-refractivity contribution is 0.410. The predicted molar refractivity (Wildman–Crippen MR) is 122 cm³/mol. The SMILES string of the molecule is Cc1cnc(NC2CCC(N)CC2)nc1-c1cnc2ccc(Nc3ccccn3)cn12. The van der Waals surface area contributed by atoms with Gasteiger partial charge >= 0.3 is 0 Å². The summed E-state index contributed by atoms with van der Waals surface area (Å²) in [5, 5.41) is 6.83. The lowest BCUT2D eigenvalue weighted by atomic mass is 9.92. The first kappa shape index (κ1) is 19.4. The van der Waals surface area contributed by atoms with Crippen molar-refractivity contribution in [2.75, 3.05) is 10.6 Å². The summed E-state index contributed by atoms with van der Waals surface area (Å²) in [5.41, 5.74) is 10.6. The van der Waals surface area contributed by atoms with E-state index in [1.807, 2.05) is 60.2 Å². The number of hydrogen-bond acceptors (Lipinski definition) is 7. The van der Waals surface area contributed by atoms with Gasteiger partial charge in [-0.2, -0.15) is 0 Å². The third-order valence-corrected chi connectivity index (χ3v) is 5.76. The minimum absolute atomic E-state index is 0.319. The molecule has 1 aliphatic carbocycles. The fourth-order valence-corrected chi connectivity index (χ4v) is 4.03. The van der Waals surface area contributed by atoms with Gasteiger partial charge in [-0.25, -0.2) is 19.9 Å². The van der Waals surface area contributed by atoms with E-state index in [9.17, 15) is 0 Å². The Morgan fingerprint density at radius 1 is 1.00 bits per heavy atom. The van der Waals surface area contributed by atoms with Crippen LogP contribution in [0.3, 0.4) is 0 Å². The quantitative estimate of drug-likeness (QED) is 0.454. The van der Waals surface area contributed by atoms with Crippen molar-refractivity contribution in [1.29, 1.82) is 0 Å². The second kappa shape index (κ2) is 8.31. The summed E-state index contributed by atoms with van der Waals surface area (Å²) in [5.74, 6) is 1.44. The van der Waals surface area contributed by atoms with E-state index < -0.39 is 0 Å². The minimum Gasteiger partial charge on any atom is -0.351 e. The van der Waals surface area contributed by atoms with Crippen LogP contribution in [-0.4, -0.2) is 36.4 Å². The van der Waals surface area contributed by atoms with Crippen molar-refractivity contribution in [3.63, 3.8) is 0 Å². The van der Waals surface area contributed by atoms with Gasteiger partial charge in [0.05, 0.1) is 23.3 Å². The Kier molecular flexibility index (Phi) is 5.21. The molecule has 1 aliphatic rings. The van der Waals surface area contributed by atoms with Crippen LogP contribution in [0.2, 0.25) is 0 Å². The zero-order chi connectivity index (χ0) is 21.2. The zero-order valence-electron chi connectivity index (χ0n) is 17.5. The van der Waals surface area contributed by atoms with Gasteiger partial charge in [0.1, 0.15) is 11.5 Å². The van der Waals surface area contributed by atoms with Crippen molar-refractivity contribution < 1.29 is 0 Å². The average molecular weight is 415 g/mol. The van der Waals surface area contributed by atoms with Crippen LogP contribution in [0.25, 0.3) is 17.0 Å². The normalized spacial score (nSPS) is 18.8. The molecule has 8 nitrogen and oxygen atoms in total. The number of nitrogens with zero attached hydrogens (tertiary/aromatic N) is 5. The van der Waals surface area contributed by atoms with Crippen LogP contribution < -0.4 is 16.4 Å². The van der Waals surface area contributed by atoms with Gasteiger partial charge in [0.25, 0.3) is 0 Å². The molecule has 1 saturated carbocycles. The van der Waals surface area contributed by atoms with E-state index in [2.05, 4.69) is 25.6 Å². The molecule has 8 heteroatoms. The van der Waals surface area contributed by atoms with E-state index in [1.54, 1.807) is 6.20 Å². The first-order valence-electron chi connectivity index (χ1n) is 10.7. The summed E-state index contributed by atoms with van der Waals surface area (Å²) >= 11 is 0. The zero-order valence-corrected chi connectivity index (χ0v) is 17.5. The molecule has 4 N–H and O–H groups in total. The summed E-state index contributed by atoms with van der Waals surface area (Å²) in [6.07, 6.45) is 11.7. The lowest BCUT2D eigenvalue weighted by Crippen LogP contribution is -2.33. The number of nitrogens with one attached hydrogen (secondary N) is 2. The Hall–Kier alpha value is -3.52. The van der Waals surface area contributed by atoms with E-state index in [0.717, 1.165) is 59.8 Å². The standard InChI is InChI=1S/C23H26N8/c1-15-12-27-23(29-17-7-5-16(24)6-8-17)30-22(15)19-13-26-21-10-9-18(14-31(19)21)28-20-4-2-3-11-25-20/h2-4,9-14,16-17H,5-8,24H2,1H3,(H,25,28)(H,27,29,30). The van der Waals surface area contributed by atoms with Gasteiger partial charge in [-0.1, -0.05) is 6.07 Å². The molecule has 4 aromatic heterocycles. The van der Waals surface area contributed by atoms with Gasteiger partial charge in [-0.05, 0) is 62.4 Å². The summed E-state index contributed by atoms with van der Waals surface area (Å²) < 4.78 is 2.05. The molecule has 0 amide bonds. The maximum atomic E-state index is 6.03. The molecular weight excluding hydrogens is 388 g/mol. The molecule has 0 radical (unpaired) electrons. The fraction of sp³-hybridized carbons (Fsp3) is 0.304. The van der Waals surface area contributed by atoms with Crippen LogP contribution in [0, 0.1) is 6.92 Å². The van der Waals surface area contributed by atoms with E-state index in [1.165, 1.54) is 0 Å². The van der Waals surface area contributed by atoms with E-state index in [0.29, 0.717) is 18.0 Å². The highest BCUT2D eigenvalue weighted by Gasteiger charge is 2.20. The molecule has 0 aliphatic heterocycles. The van der Waals surface area contributed by atoms with Crippen molar-refractivity contribution in [2.45, 2.75) is 44.7 Å². The Balaban J connectivity index is 1.45. The van der Waals surface area contributed by atoms with Gasteiger partial charge in [-0.15, -0.1) is 0 Å². The number of rotatable bonds is 5. The molecular formula is C23H26N8. The lowest BCUT2D eigenvalue weighted by Gasteiger charge is -2.26. The molecule has 0 bridgehead atoms. The number of aryl methyl sites for hydroxylation is 1. The topological polar surface area (TPSA) is 106 Å². The Morgan fingerprint density at radius 2 is 1.87 bits per heavy atom. The molecule has 0 saturated heterocycles. The van der Waals surface area contributed by atoms with Crippen molar-refractivity contribution in [3.8, 4) is 11.4 Å². The van der Waals surface area contributed by atoms with Gasteiger partial charge in [0, 0.05) is 30.7 Å². The van der Waals surface area contributed by atoms with Crippen LogP contribution in [0.15, 0.2) is 55.1 Å². The van der Waals surface area contributed by atoms with Gasteiger partial charge in [-0.3, -0.25) is 4.40 Å². The summed E-state index contributed by atoms with van der Waals surface area (Å²) in [6.45, 7) is 2.02. The molecule has 4 heterocycles. The largest absolute Gasteiger partial charge is 0.351 e. The second-order valence-electron chi connectivity index (χ2n) is 8.11. The van der Waals surface area contributed by atoms with Crippen molar-refractivity contribution in [2.24, 2.45) is 5.73 Å². The predicted octanol–water partition coefficient (Wildman–Crippen LogP) is 3.92. The highest BCUT2D eigenvalue weighted by molar-refractivity contribution is 5.67. The smallest absolute Gasteiger partial charge is 0.223 e. The molecule has 0 unspecified atom stereocenters. The second-order valence-corrected chi connectivity index (χ2v) is 8.11. The third-order valence-electron chi connectivity index (χ3n) is 5.76. The molecule has 0 spiro atoms. The van der Waals surface area contributed by atoms with Crippen LogP contribution in [0.5, 0.6) is 0 Å². The Labute approximate surface area is 181 Å². The van der Waals surface area contributed by atoms with Gasteiger partial charge < -0.3 is 16.4 Å². The molecule has 5 rings (SSSR count). The number of aromatic nitrogens is 5. The van der Waals surface area contributed by atoms with Crippen LogP contribution >= 0.6 is 0 Å². The Bertz CT molecular complexity index is 1180. The van der Waals surface area contributed by atoms with Crippen LogP contribution in [0.1, 0.15) is 31.2 Å². The third kappa shape index (κ3) is 4.20. The highest BCUT2D eigenvalue weighted by atomic mass is 15.1. The summed E-state index contributed by atoms with van der Waals surface area (Å²) in [6, 6.07) is 10.4. The Morgan fingerprint density at radius 3 is 2.68 bits per heavy atom. The molecule has 0 atom stereocenters. The van der Waals surface area contributed by atoms with E-state index >= 15 is 0 Å². The van der Waals surface area contributed by atoms with E-state index in [4.69, 9.17) is 10.7 Å². The number of nitrogens with two attached hydrogens (primary N) is 1. The van der Waals surface area contributed by atoms with Crippen molar-refractivity contribution in [1.82, 2.24) is 24.3 Å². The first-order chi connectivity index (χ1) is 15.2. The van der Waals surface area contributed by atoms with Crippen molar-refractivity contribution in [3.05, 3.63) is 60.7 Å². The first-order valence-corrected chi connectivity index (χ1v) is 10.7. The minimum atomic E-state index is 0.319. The maximum Gasteiger partial charge on any atom is 0.223 e. The molecule has 1 fully saturated rings. The average Bonchev–Trinajstić information content (AvgIpc) is 3.20. The molecule has 158 valence electrons. The highest BCUT2D eigenvalue weighted by Crippen LogP contribution is 2.26. The molecule has 4 aromatic rings. The number of anilines is 3. The monoisotopic (exact) mass is 414 g/mol. The fourth-order valence-electron chi connectivity index (χ4n) is 4.03. The van der Waals surface area contributed by atoms with Gasteiger partial charge in [0.15, 0.2) is 0 Å². The maximum absolute atomic E-state index is 6.03.